The number of ether oxygens (including phenoxy) is 2. The van der Waals surface area contributed by atoms with Crippen molar-refractivity contribution in [2.45, 2.75) is 37.8 Å². The maximum Gasteiger partial charge on any atom is 0.335 e. The first kappa shape index (κ1) is 42.5. The number of H-pyrrole nitrogens is 2. The highest BCUT2D eigenvalue weighted by Gasteiger charge is 2.26. The number of amidine groups is 2. The van der Waals surface area contributed by atoms with E-state index in [1.54, 1.807) is 24.3 Å². The molecule has 0 unspecified atom stereocenters. The topological polar surface area (TPSA) is 217 Å². The SMILES string of the molecule is NC1CCOCC1.O=C(NC1CCOCC1)c1ccc2c(c1)N=C(c1c(F)cccc1F)Nc1cn[nH]c1-2.O=C(O)c1ccc2c(c1)N=C(c1c(F)cccc1F)Nc1cn[nH]c1-2. The summed E-state index contributed by atoms with van der Waals surface area (Å²) in [4.78, 5) is 32.8. The number of benzene rings is 4. The molecule has 6 aromatic rings. The molecule has 6 heterocycles. The minimum absolute atomic E-state index is 0.000938. The van der Waals surface area contributed by atoms with E-state index in [1.807, 2.05) is 0 Å². The van der Waals surface area contributed by atoms with Crippen molar-refractivity contribution in [2.75, 3.05) is 37.1 Å². The number of aromatic nitrogens is 4. The van der Waals surface area contributed by atoms with Crippen molar-refractivity contribution >= 4 is 46.3 Å². The first-order valence-electron chi connectivity index (χ1n) is 19.9. The number of carbonyl (C=O) groups excluding carboxylic acids is 1. The Kier molecular flexibility index (Phi) is 12.7. The van der Waals surface area contributed by atoms with E-state index in [-0.39, 0.29) is 46.0 Å². The van der Waals surface area contributed by atoms with Crippen molar-refractivity contribution in [3.63, 3.8) is 0 Å². The summed E-state index contributed by atoms with van der Waals surface area (Å²) in [5.74, 6) is -4.48. The minimum Gasteiger partial charge on any atom is -0.478 e. The molecule has 4 aliphatic heterocycles. The number of rotatable bonds is 5. The second kappa shape index (κ2) is 18.8. The summed E-state index contributed by atoms with van der Waals surface area (Å²) in [7, 11) is 0. The minimum atomic E-state index is -1.13. The van der Waals surface area contributed by atoms with E-state index >= 15 is 0 Å². The smallest absolute Gasteiger partial charge is 0.335 e. The number of hydrogen-bond donors (Lipinski definition) is 7. The molecule has 324 valence electrons. The van der Waals surface area contributed by atoms with Crippen LogP contribution in [0.3, 0.4) is 0 Å². The molecular weight excluding hydrogens is 825 g/mol. The fourth-order valence-electron chi connectivity index (χ4n) is 7.18. The lowest BCUT2D eigenvalue weighted by Gasteiger charge is -2.23. The molecule has 1 amide bonds. The molecule has 2 saturated heterocycles. The van der Waals surface area contributed by atoms with Crippen molar-refractivity contribution in [2.24, 2.45) is 15.7 Å². The zero-order chi connectivity index (χ0) is 44.0. The molecule has 63 heavy (non-hydrogen) atoms. The van der Waals surface area contributed by atoms with E-state index in [0.29, 0.717) is 64.4 Å². The summed E-state index contributed by atoms with van der Waals surface area (Å²) in [6, 6.07) is 17.0. The number of fused-ring (bicyclic) bond motifs is 6. The van der Waals surface area contributed by atoms with Crippen molar-refractivity contribution in [3.8, 4) is 22.5 Å². The Hall–Kier alpha value is -7.22. The summed E-state index contributed by atoms with van der Waals surface area (Å²) in [5, 5.41) is 31.6. The van der Waals surface area contributed by atoms with Gasteiger partial charge in [0.05, 0.1) is 63.2 Å². The van der Waals surface area contributed by atoms with Crippen LogP contribution in [-0.2, 0) is 9.47 Å². The molecular formula is C44H40F4N10O5. The Morgan fingerprint density at radius 2 is 1.10 bits per heavy atom. The zero-order valence-corrected chi connectivity index (χ0v) is 33.4. The van der Waals surface area contributed by atoms with Crippen molar-refractivity contribution in [1.29, 1.82) is 0 Å². The van der Waals surface area contributed by atoms with Crippen molar-refractivity contribution in [1.82, 2.24) is 25.7 Å². The van der Waals surface area contributed by atoms with Crippen molar-refractivity contribution < 1.29 is 41.7 Å². The third-order valence-electron chi connectivity index (χ3n) is 10.5. The lowest BCUT2D eigenvalue weighted by Crippen LogP contribution is -2.38. The highest BCUT2D eigenvalue weighted by molar-refractivity contribution is 6.14. The van der Waals surface area contributed by atoms with Gasteiger partial charge in [-0.3, -0.25) is 15.0 Å². The van der Waals surface area contributed by atoms with Gasteiger partial charge in [-0.1, -0.05) is 12.1 Å². The largest absolute Gasteiger partial charge is 0.478 e. The summed E-state index contributed by atoms with van der Waals surface area (Å²) < 4.78 is 67.6. The van der Waals surface area contributed by atoms with Gasteiger partial charge in [-0.05, 0) is 86.3 Å². The van der Waals surface area contributed by atoms with E-state index in [1.165, 1.54) is 48.8 Å². The second-order valence-electron chi connectivity index (χ2n) is 14.8. The number of aromatic carboxylic acids is 1. The average molecular weight is 865 g/mol. The van der Waals surface area contributed by atoms with Crippen LogP contribution in [-0.4, -0.2) is 87.6 Å². The molecule has 19 heteroatoms. The number of halogens is 4. The molecule has 2 fully saturated rings. The number of nitrogens with one attached hydrogen (secondary N) is 5. The molecule has 4 aliphatic rings. The number of amides is 1. The van der Waals surface area contributed by atoms with Crippen molar-refractivity contribution in [3.05, 3.63) is 131 Å². The van der Waals surface area contributed by atoms with Crippen LogP contribution in [0.25, 0.3) is 22.5 Å². The Bertz CT molecular complexity index is 2680. The van der Waals surface area contributed by atoms with E-state index in [9.17, 15) is 32.3 Å². The van der Waals surface area contributed by atoms with Gasteiger partial charge in [0.2, 0.25) is 0 Å². The maximum absolute atomic E-state index is 14.5. The van der Waals surface area contributed by atoms with E-state index in [2.05, 4.69) is 46.3 Å². The normalized spacial score (nSPS) is 15.6. The predicted octanol–water partition coefficient (Wildman–Crippen LogP) is 7.45. The summed E-state index contributed by atoms with van der Waals surface area (Å²) in [6.07, 6.45) is 6.58. The number of carbonyl (C=O) groups is 2. The van der Waals surface area contributed by atoms with Crippen LogP contribution in [0, 0.1) is 23.3 Å². The standard InChI is InChI=1S/C22H19F2N5O2.C17H10F2N4O2.C5H11NO/c23-15-2-1-3-16(24)19(15)21-27-17-10-12(22(30)26-13-6-8-31-9-7-13)4-5-14(17)20-18(28-21)11-25-29-20;18-10-2-1-3-11(19)14(10)16-21-12-6-8(17(24)25)4-5-9(12)15-13(22-16)7-20-23-15;6-5-1-3-7-4-2-5/h1-5,10-11,13H,6-9H2,(H,25,29)(H,26,30)(H,27,28);1-7H,(H,20,23)(H,21,22)(H,24,25);5H,1-4,6H2. The van der Waals surface area contributed by atoms with Gasteiger partial charge in [-0.25, -0.2) is 32.3 Å². The highest BCUT2D eigenvalue weighted by atomic mass is 19.1. The summed E-state index contributed by atoms with van der Waals surface area (Å²) in [5.41, 5.74) is 9.41. The average Bonchev–Trinajstić information content (AvgIpc) is 3.87. The number of carboxylic acid groups (broad SMARTS) is 1. The lowest BCUT2D eigenvalue weighted by molar-refractivity contribution is 0.0688. The predicted molar refractivity (Wildman–Crippen MR) is 227 cm³/mol. The summed E-state index contributed by atoms with van der Waals surface area (Å²) in [6.45, 7) is 2.96. The monoisotopic (exact) mass is 864 g/mol. The molecule has 0 saturated carbocycles. The van der Waals surface area contributed by atoms with E-state index in [0.717, 1.165) is 51.0 Å². The molecule has 0 aliphatic carbocycles. The van der Waals surface area contributed by atoms with Crippen LogP contribution in [0.5, 0.6) is 0 Å². The van der Waals surface area contributed by atoms with Gasteiger partial charge in [0.25, 0.3) is 5.91 Å². The third-order valence-corrected chi connectivity index (χ3v) is 10.5. The van der Waals surface area contributed by atoms with Gasteiger partial charge < -0.3 is 36.3 Å². The number of aliphatic imine (C=N–C) groups is 2. The summed E-state index contributed by atoms with van der Waals surface area (Å²) >= 11 is 0. The Morgan fingerprint density at radius 1 is 0.651 bits per heavy atom. The maximum atomic E-state index is 14.5. The third kappa shape index (κ3) is 9.49. The molecule has 2 aromatic heterocycles. The molecule has 10 rings (SSSR count). The molecule has 0 radical (unpaired) electrons. The van der Waals surface area contributed by atoms with Gasteiger partial charge >= 0.3 is 5.97 Å². The van der Waals surface area contributed by atoms with Crippen LogP contribution >= 0.6 is 0 Å². The van der Waals surface area contributed by atoms with Crippen LogP contribution in [0.4, 0.5) is 40.3 Å². The number of hydrogen-bond acceptors (Lipinski definition) is 11. The quantitative estimate of drug-likeness (QED) is 0.0850. The highest BCUT2D eigenvalue weighted by Crippen LogP contribution is 2.39. The van der Waals surface area contributed by atoms with Gasteiger partial charge in [0.15, 0.2) is 0 Å². The molecule has 0 spiro atoms. The number of anilines is 2. The van der Waals surface area contributed by atoms with Gasteiger partial charge in [0, 0.05) is 55.2 Å². The number of nitrogens with zero attached hydrogens (tertiary/aromatic N) is 4. The lowest BCUT2D eigenvalue weighted by atomic mass is 10.0. The Labute approximate surface area is 356 Å². The first-order valence-corrected chi connectivity index (χ1v) is 19.9. The first-order chi connectivity index (χ1) is 30.5. The molecule has 0 atom stereocenters. The van der Waals surface area contributed by atoms with Gasteiger partial charge in [-0.15, -0.1) is 0 Å². The van der Waals surface area contributed by atoms with Crippen LogP contribution in [0.1, 0.15) is 57.5 Å². The number of carboxylic acids is 1. The van der Waals surface area contributed by atoms with Crippen LogP contribution < -0.4 is 21.7 Å². The van der Waals surface area contributed by atoms with E-state index < -0.39 is 29.2 Å². The molecule has 15 nitrogen and oxygen atoms in total. The van der Waals surface area contributed by atoms with E-state index in [4.69, 9.17) is 15.2 Å². The molecule has 8 N–H and O–H groups in total. The molecule has 4 aromatic carbocycles. The Morgan fingerprint density at radius 3 is 1.54 bits per heavy atom. The fraction of sp³-hybridized carbons (Fsp3) is 0.227. The molecule has 0 bridgehead atoms. The second-order valence-corrected chi connectivity index (χ2v) is 14.8. The Balaban J connectivity index is 0.000000152. The van der Waals surface area contributed by atoms with Gasteiger partial charge in [0.1, 0.15) is 34.9 Å². The van der Waals surface area contributed by atoms with Crippen LogP contribution in [0.15, 0.2) is 95.2 Å². The van der Waals surface area contributed by atoms with Crippen LogP contribution in [0.2, 0.25) is 0 Å². The van der Waals surface area contributed by atoms with Gasteiger partial charge in [-0.2, -0.15) is 10.2 Å². The zero-order valence-electron chi connectivity index (χ0n) is 33.4. The number of nitrogens with two attached hydrogens (primary N) is 1. The number of aromatic amines is 2. The fourth-order valence-corrected chi connectivity index (χ4v) is 7.18.